The van der Waals surface area contributed by atoms with Crippen molar-refractivity contribution in [2.24, 2.45) is 0 Å². The van der Waals surface area contributed by atoms with Gasteiger partial charge in [0.2, 0.25) is 0 Å². The third kappa shape index (κ3) is 1.86. The van der Waals surface area contributed by atoms with Gasteiger partial charge in [-0.15, -0.1) is 0 Å². The molecule has 0 bridgehead atoms. The van der Waals surface area contributed by atoms with Crippen LogP contribution in [0.5, 0.6) is 0 Å². The van der Waals surface area contributed by atoms with E-state index < -0.39 is 0 Å². The smallest absolute Gasteiger partial charge is 0.0725 e. The number of hydrogen-bond donors (Lipinski definition) is 0. The zero-order chi connectivity index (χ0) is 8.97. The van der Waals surface area contributed by atoms with Crippen molar-refractivity contribution in [1.29, 1.82) is 0 Å². The molecule has 0 aromatic heterocycles. The molecule has 0 unspecified atom stereocenters. The van der Waals surface area contributed by atoms with Crippen LogP contribution in [0.2, 0.25) is 0 Å². The van der Waals surface area contributed by atoms with Crippen LogP contribution in [0.1, 0.15) is 30.5 Å². The molecule has 1 nitrogen and oxygen atoms in total. The molecule has 12 heavy (non-hydrogen) atoms. The molecule has 1 aromatic carbocycles. The van der Waals surface area contributed by atoms with Crippen molar-refractivity contribution in [3.05, 3.63) is 34.9 Å². The third-order valence-electron chi connectivity index (χ3n) is 1.88. The van der Waals surface area contributed by atoms with Gasteiger partial charge in [0.25, 0.3) is 0 Å². The fraction of sp³-hybridized carbons (Fsp3) is 0.455. The normalized spacial score (nSPS) is 13.2. The lowest BCUT2D eigenvalue weighted by atomic mass is 10.1. The van der Waals surface area contributed by atoms with Crippen LogP contribution in [-0.4, -0.2) is 0 Å². The summed E-state index contributed by atoms with van der Waals surface area (Å²) in [6.45, 7) is 7.71. The molecule has 1 aliphatic heterocycles. The van der Waals surface area contributed by atoms with Crippen molar-refractivity contribution in [1.82, 2.24) is 0 Å². The van der Waals surface area contributed by atoms with Gasteiger partial charge in [0.1, 0.15) is 0 Å². The van der Waals surface area contributed by atoms with Crippen molar-refractivity contribution in [3.8, 4) is 0 Å². The van der Waals surface area contributed by atoms with Crippen LogP contribution in [-0.2, 0) is 18.0 Å². The van der Waals surface area contributed by atoms with Crippen LogP contribution >= 0.6 is 0 Å². The van der Waals surface area contributed by atoms with Gasteiger partial charge in [-0.25, -0.2) is 0 Å². The van der Waals surface area contributed by atoms with E-state index >= 15 is 0 Å². The SMILES string of the molecule is CC.Cc1ccc2c(c1)COC2. The Bertz CT molecular complexity index is 253. The summed E-state index contributed by atoms with van der Waals surface area (Å²) in [6.07, 6.45) is 0. The van der Waals surface area contributed by atoms with Crippen molar-refractivity contribution in [2.75, 3.05) is 0 Å². The maximum atomic E-state index is 5.27. The lowest BCUT2D eigenvalue weighted by Gasteiger charge is -1.95. The van der Waals surface area contributed by atoms with E-state index in [4.69, 9.17) is 4.74 Å². The number of fused-ring (bicyclic) bond motifs is 1. The standard InChI is InChI=1S/C9H10O.C2H6/c1-7-2-3-8-5-10-6-9(8)4-7;1-2/h2-4H,5-6H2,1H3;1-2H3. The first-order valence-electron chi connectivity index (χ1n) is 4.52. The molecular weight excluding hydrogens is 148 g/mol. The van der Waals surface area contributed by atoms with Crippen molar-refractivity contribution in [2.45, 2.75) is 34.0 Å². The first kappa shape index (κ1) is 9.27. The van der Waals surface area contributed by atoms with Crippen molar-refractivity contribution < 1.29 is 4.74 Å². The van der Waals surface area contributed by atoms with Gasteiger partial charge in [0.05, 0.1) is 13.2 Å². The minimum atomic E-state index is 0.801. The summed E-state index contributed by atoms with van der Waals surface area (Å²) >= 11 is 0. The molecule has 0 saturated carbocycles. The number of ether oxygens (including phenoxy) is 1. The zero-order valence-corrected chi connectivity index (χ0v) is 8.05. The monoisotopic (exact) mass is 164 g/mol. The fourth-order valence-electron chi connectivity index (χ4n) is 1.30. The molecule has 1 aromatic rings. The van der Waals surface area contributed by atoms with Gasteiger partial charge >= 0.3 is 0 Å². The van der Waals surface area contributed by atoms with E-state index in [0.29, 0.717) is 0 Å². The highest BCUT2D eigenvalue weighted by Gasteiger charge is 2.09. The molecular formula is C11H16O. The second-order valence-electron chi connectivity index (χ2n) is 2.76. The number of benzene rings is 1. The Morgan fingerprint density at radius 1 is 1.08 bits per heavy atom. The molecule has 0 saturated heterocycles. The third-order valence-corrected chi connectivity index (χ3v) is 1.88. The molecule has 0 spiro atoms. The second kappa shape index (κ2) is 4.27. The maximum Gasteiger partial charge on any atom is 0.0725 e. The zero-order valence-electron chi connectivity index (χ0n) is 8.05. The summed E-state index contributed by atoms with van der Waals surface area (Å²) in [5.74, 6) is 0. The number of hydrogen-bond acceptors (Lipinski definition) is 1. The van der Waals surface area contributed by atoms with E-state index in [0.717, 1.165) is 13.2 Å². The molecule has 0 fully saturated rings. The highest BCUT2D eigenvalue weighted by molar-refractivity contribution is 5.32. The highest BCUT2D eigenvalue weighted by atomic mass is 16.5. The van der Waals surface area contributed by atoms with E-state index in [-0.39, 0.29) is 0 Å². The van der Waals surface area contributed by atoms with Crippen LogP contribution in [0, 0.1) is 6.92 Å². The molecule has 0 aliphatic carbocycles. The van der Waals surface area contributed by atoms with Gasteiger partial charge in [-0.05, 0) is 18.1 Å². The first-order valence-corrected chi connectivity index (χ1v) is 4.52. The molecule has 1 aliphatic rings. The van der Waals surface area contributed by atoms with Gasteiger partial charge in [-0.1, -0.05) is 37.6 Å². The lowest BCUT2D eigenvalue weighted by Crippen LogP contribution is -1.81. The van der Waals surface area contributed by atoms with Gasteiger partial charge in [0.15, 0.2) is 0 Å². The van der Waals surface area contributed by atoms with E-state index in [2.05, 4.69) is 25.1 Å². The van der Waals surface area contributed by atoms with E-state index in [1.54, 1.807) is 0 Å². The molecule has 0 atom stereocenters. The molecule has 1 heterocycles. The Hall–Kier alpha value is -0.820. The van der Waals surface area contributed by atoms with Crippen LogP contribution in [0.25, 0.3) is 0 Å². The van der Waals surface area contributed by atoms with Crippen LogP contribution in [0.15, 0.2) is 18.2 Å². The van der Waals surface area contributed by atoms with Gasteiger partial charge < -0.3 is 4.74 Å². The van der Waals surface area contributed by atoms with Crippen molar-refractivity contribution >= 4 is 0 Å². The van der Waals surface area contributed by atoms with E-state index in [1.807, 2.05) is 13.8 Å². The quantitative estimate of drug-likeness (QED) is 0.572. The number of aryl methyl sites for hydroxylation is 1. The highest BCUT2D eigenvalue weighted by Crippen LogP contribution is 2.19. The van der Waals surface area contributed by atoms with Crippen LogP contribution < -0.4 is 0 Å². The molecule has 0 radical (unpaired) electrons. The van der Waals surface area contributed by atoms with E-state index in [1.165, 1.54) is 16.7 Å². The summed E-state index contributed by atoms with van der Waals surface area (Å²) in [5, 5.41) is 0. The summed E-state index contributed by atoms with van der Waals surface area (Å²) in [7, 11) is 0. The largest absolute Gasteiger partial charge is 0.372 e. The van der Waals surface area contributed by atoms with Gasteiger partial charge in [-0.3, -0.25) is 0 Å². The predicted octanol–water partition coefficient (Wildman–Crippen LogP) is 3.05. The summed E-state index contributed by atoms with van der Waals surface area (Å²) in [6, 6.07) is 6.48. The molecule has 2 rings (SSSR count). The predicted molar refractivity (Wildman–Crippen MR) is 51.0 cm³/mol. The second-order valence-corrected chi connectivity index (χ2v) is 2.76. The van der Waals surface area contributed by atoms with Crippen LogP contribution in [0.3, 0.4) is 0 Å². The summed E-state index contributed by atoms with van der Waals surface area (Å²) < 4.78 is 5.27. The Morgan fingerprint density at radius 2 is 1.75 bits per heavy atom. The van der Waals surface area contributed by atoms with Gasteiger partial charge in [0, 0.05) is 0 Å². The van der Waals surface area contributed by atoms with E-state index in [9.17, 15) is 0 Å². The number of rotatable bonds is 0. The minimum absolute atomic E-state index is 0.801. The minimum Gasteiger partial charge on any atom is -0.372 e. The van der Waals surface area contributed by atoms with Gasteiger partial charge in [-0.2, -0.15) is 0 Å². The first-order chi connectivity index (χ1) is 5.86. The lowest BCUT2D eigenvalue weighted by molar-refractivity contribution is 0.134. The van der Waals surface area contributed by atoms with Crippen LogP contribution in [0.4, 0.5) is 0 Å². The fourth-order valence-corrected chi connectivity index (χ4v) is 1.30. The average molecular weight is 164 g/mol. The maximum absolute atomic E-state index is 5.27. The Morgan fingerprint density at radius 3 is 2.50 bits per heavy atom. The topological polar surface area (TPSA) is 9.23 Å². The molecule has 1 heteroatoms. The molecule has 0 amide bonds. The Kier molecular flexibility index (Phi) is 3.30. The summed E-state index contributed by atoms with van der Waals surface area (Å²) in [5.41, 5.74) is 4.04. The molecule has 0 N–H and O–H groups in total. The Labute approximate surface area is 74.4 Å². The molecule has 66 valence electrons. The Balaban J connectivity index is 0.000000336. The summed E-state index contributed by atoms with van der Waals surface area (Å²) in [4.78, 5) is 0. The average Bonchev–Trinajstić information content (AvgIpc) is 2.54. The van der Waals surface area contributed by atoms with Crippen molar-refractivity contribution in [3.63, 3.8) is 0 Å².